The van der Waals surface area contributed by atoms with Crippen molar-refractivity contribution in [3.8, 4) is 11.1 Å². The lowest BCUT2D eigenvalue weighted by Crippen LogP contribution is -2.62. The van der Waals surface area contributed by atoms with Gasteiger partial charge in [-0.3, -0.25) is 9.59 Å². The molecule has 154 valence electrons. The highest BCUT2D eigenvalue weighted by molar-refractivity contribution is 5.87. The number of rotatable bonds is 5. The van der Waals surface area contributed by atoms with Crippen molar-refractivity contribution < 1.29 is 14.3 Å². The molecule has 0 saturated carbocycles. The topological polar surface area (TPSA) is 58.6 Å². The number of nitrogens with one attached hydrogen (secondary N) is 1. The van der Waals surface area contributed by atoms with E-state index < -0.39 is 5.60 Å². The molecular weight excluding hydrogens is 364 g/mol. The maximum Gasteiger partial charge on any atom is 0.254 e. The van der Waals surface area contributed by atoms with E-state index in [2.05, 4.69) is 48.6 Å². The van der Waals surface area contributed by atoms with Crippen LogP contribution in [0, 0.1) is 12.8 Å². The number of ether oxygens (including phenoxy) is 1. The van der Waals surface area contributed by atoms with Gasteiger partial charge in [-0.15, -0.1) is 0 Å². The summed E-state index contributed by atoms with van der Waals surface area (Å²) in [6, 6.07) is 16.6. The minimum absolute atomic E-state index is 0.0522. The van der Waals surface area contributed by atoms with Crippen LogP contribution in [0.3, 0.4) is 0 Å². The van der Waals surface area contributed by atoms with E-state index in [9.17, 15) is 9.59 Å². The van der Waals surface area contributed by atoms with Gasteiger partial charge in [0.15, 0.2) is 5.60 Å². The molecule has 0 radical (unpaired) electrons. The second kappa shape index (κ2) is 8.78. The first-order valence-electron chi connectivity index (χ1n) is 10.2. The van der Waals surface area contributed by atoms with E-state index in [-0.39, 0.29) is 24.3 Å². The minimum atomic E-state index is -1.07. The number of amides is 2. The zero-order valence-electron chi connectivity index (χ0n) is 17.7. The van der Waals surface area contributed by atoms with Crippen molar-refractivity contribution in [2.45, 2.75) is 32.8 Å². The van der Waals surface area contributed by atoms with Gasteiger partial charge in [-0.2, -0.15) is 0 Å². The Morgan fingerprint density at radius 2 is 1.86 bits per heavy atom. The van der Waals surface area contributed by atoms with Gasteiger partial charge in [0.1, 0.15) is 0 Å². The molecule has 1 saturated heterocycles. The third-order valence-electron chi connectivity index (χ3n) is 5.43. The van der Waals surface area contributed by atoms with E-state index in [1.54, 1.807) is 11.9 Å². The predicted octanol–water partition coefficient (Wildman–Crippen LogP) is 3.20. The van der Waals surface area contributed by atoms with Crippen molar-refractivity contribution in [2.24, 2.45) is 5.92 Å². The fourth-order valence-electron chi connectivity index (χ4n) is 3.86. The Balaban J connectivity index is 1.83. The van der Waals surface area contributed by atoms with Crippen LogP contribution in [0.4, 0.5) is 0 Å². The van der Waals surface area contributed by atoms with E-state index in [0.29, 0.717) is 19.6 Å². The maximum atomic E-state index is 12.8. The van der Waals surface area contributed by atoms with E-state index in [0.717, 1.165) is 11.1 Å². The lowest BCUT2D eigenvalue weighted by molar-refractivity contribution is -0.167. The van der Waals surface area contributed by atoms with Crippen LogP contribution in [-0.4, -0.2) is 49.1 Å². The van der Waals surface area contributed by atoms with Crippen LogP contribution >= 0.6 is 0 Å². The SMILES string of the molecule is CNC(=O)[C@@]1(Cc2ccc(-c3cccc(C)c3)cc2)CN(C(=O)C(C)C)CCO1. The van der Waals surface area contributed by atoms with Crippen LogP contribution < -0.4 is 5.32 Å². The van der Waals surface area contributed by atoms with Crippen LogP contribution in [0.5, 0.6) is 0 Å². The van der Waals surface area contributed by atoms with E-state index in [4.69, 9.17) is 4.74 Å². The summed E-state index contributed by atoms with van der Waals surface area (Å²) in [5, 5.41) is 2.73. The lowest BCUT2D eigenvalue weighted by Gasteiger charge is -2.42. The summed E-state index contributed by atoms with van der Waals surface area (Å²) in [5.41, 5.74) is 3.45. The van der Waals surface area contributed by atoms with Crippen molar-refractivity contribution >= 4 is 11.8 Å². The standard InChI is InChI=1S/C24H30N2O3/c1-17(2)22(27)26-12-13-29-24(16-26,23(28)25-4)15-19-8-10-20(11-9-19)21-7-5-6-18(3)14-21/h5-11,14,17H,12-13,15-16H2,1-4H3,(H,25,28)/t24-/m1/s1. The molecule has 3 rings (SSSR count). The van der Waals surface area contributed by atoms with E-state index >= 15 is 0 Å². The van der Waals surface area contributed by atoms with Crippen molar-refractivity contribution in [1.29, 1.82) is 0 Å². The summed E-state index contributed by atoms with van der Waals surface area (Å²) in [5.74, 6) is -0.248. The van der Waals surface area contributed by atoms with Crippen LogP contribution in [0.25, 0.3) is 11.1 Å². The molecule has 1 aliphatic rings. The van der Waals surface area contributed by atoms with Crippen molar-refractivity contribution in [3.63, 3.8) is 0 Å². The van der Waals surface area contributed by atoms with E-state index in [1.165, 1.54) is 11.1 Å². The molecule has 5 nitrogen and oxygen atoms in total. The smallest absolute Gasteiger partial charge is 0.254 e. The Labute approximate surface area is 173 Å². The number of likely N-dealkylation sites (N-methyl/N-ethyl adjacent to an activating group) is 1. The highest BCUT2D eigenvalue weighted by atomic mass is 16.5. The van der Waals surface area contributed by atoms with Gasteiger partial charge in [0, 0.05) is 25.9 Å². The quantitative estimate of drug-likeness (QED) is 0.847. The van der Waals surface area contributed by atoms with Gasteiger partial charge in [0.25, 0.3) is 5.91 Å². The van der Waals surface area contributed by atoms with Gasteiger partial charge in [0.05, 0.1) is 13.2 Å². The number of hydrogen-bond acceptors (Lipinski definition) is 3. The summed E-state index contributed by atoms with van der Waals surface area (Å²) in [6.07, 6.45) is 0.419. The van der Waals surface area contributed by atoms with E-state index in [1.807, 2.05) is 26.0 Å². The number of morpholine rings is 1. The molecule has 0 spiro atoms. The third kappa shape index (κ3) is 4.67. The molecule has 1 atom stereocenters. The van der Waals surface area contributed by atoms with Crippen molar-refractivity contribution in [3.05, 3.63) is 59.7 Å². The highest BCUT2D eigenvalue weighted by Gasteiger charge is 2.44. The van der Waals surface area contributed by atoms with Gasteiger partial charge >= 0.3 is 0 Å². The first kappa shape index (κ1) is 21.1. The van der Waals surface area contributed by atoms with Gasteiger partial charge in [-0.05, 0) is 23.6 Å². The van der Waals surface area contributed by atoms with Crippen LogP contribution in [0.1, 0.15) is 25.0 Å². The second-order valence-electron chi connectivity index (χ2n) is 8.08. The fourth-order valence-corrected chi connectivity index (χ4v) is 3.86. The molecular formula is C24H30N2O3. The molecule has 1 fully saturated rings. The molecule has 2 aromatic carbocycles. The average molecular weight is 395 g/mol. The Morgan fingerprint density at radius 3 is 2.48 bits per heavy atom. The molecule has 29 heavy (non-hydrogen) atoms. The maximum absolute atomic E-state index is 12.8. The molecule has 0 unspecified atom stereocenters. The van der Waals surface area contributed by atoms with Gasteiger partial charge in [0.2, 0.25) is 5.91 Å². The normalized spacial score (nSPS) is 19.3. The van der Waals surface area contributed by atoms with Gasteiger partial charge < -0.3 is 15.0 Å². The third-order valence-corrected chi connectivity index (χ3v) is 5.43. The summed E-state index contributed by atoms with van der Waals surface area (Å²) in [7, 11) is 1.61. The van der Waals surface area contributed by atoms with Crippen LogP contribution in [-0.2, 0) is 20.7 Å². The largest absolute Gasteiger partial charge is 0.361 e. The molecule has 5 heteroatoms. The molecule has 2 aromatic rings. The Morgan fingerprint density at radius 1 is 1.14 bits per heavy atom. The first-order chi connectivity index (χ1) is 13.8. The number of nitrogens with zero attached hydrogens (tertiary/aromatic N) is 1. The zero-order chi connectivity index (χ0) is 21.0. The molecule has 0 aromatic heterocycles. The first-order valence-corrected chi connectivity index (χ1v) is 10.2. The number of carbonyl (C=O) groups is 2. The second-order valence-corrected chi connectivity index (χ2v) is 8.08. The summed E-state index contributed by atoms with van der Waals surface area (Å²) in [6.45, 7) is 6.97. The summed E-state index contributed by atoms with van der Waals surface area (Å²) in [4.78, 5) is 27.1. The predicted molar refractivity (Wildman–Crippen MR) is 114 cm³/mol. The Bertz CT molecular complexity index is 876. The molecule has 2 amide bonds. The van der Waals surface area contributed by atoms with Crippen LogP contribution in [0.2, 0.25) is 0 Å². The molecule has 0 aliphatic carbocycles. The van der Waals surface area contributed by atoms with Crippen LogP contribution in [0.15, 0.2) is 48.5 Å². The number of hydrogen-bond donors (Lipinski definition) is 1. The average Bonchev–Trinajstić information content (AvgIpc) is 2.73. The molecule has 1 heterocycles. The summed E-state index contributed by atoms with van der Waals surface area (Å²) < 4.78 is 6.01. The van der Waals surface area contributed by atoms with Crippen molar-refractivity contribution in [1.82, 2.24) is 10.2 Å². The monoisotopic (exact) mass is 394 g/mol. The minimum Gasteiger partial charge on any atom is -0.361 e. The zero-order valence-corrected chi connectivity index (χ0v) is 17.7. The molecule has 1 N–H and O–H groups in total. The fraction of sp³-hybridized carbons (Fsp3) is 0.417. The Kier molecular flexibility index (Phi) is 6.38. The summed E-state index contributed by atoms with van der Waals surface area (Å²) >= 11 is 0. The number of benzene rings is 2. The lowest BCUT2D eigenvalue weighted by atomic mass is 9.90. The number of aryl methyl sites for hydroxylation is 1. The van der Waals surface area contributed by atoms with Crippen molar-refractivity contribution in [2.75, 3.05) is 26.7 Å². The Hall–Kier alpha value is -2.66. The number of carbonyl (C=O) groups excluding carboxylic acids is 2. The van der Waals surface area contributed by atoms with Gasteiger partial charge in [-0.25, -0.2) is 0 Å². The van der Waals surface area contributed by atoms with Gasteiger partial charge in [-0.1, -0.05) is 67.9 Å². The highest BCUT2D eigenvalue weighted by Crippen LogP contribution is 2.27. The molecule has 1 aliphatic heterocycles. The molecule has 0 bridgehead atoms.